The van der Waals surface area contributed by atoms with E-state index in [4.69, 9.17) is 5.73 Å². The van der Waals surface area contributed by atoms with Gasteiger partial charge in [-0.05, 0) is 39.1 Å². The van der Waals surface area contributed by atoms with Crippen LogP contribution in [0.3, 0.4) is 0 Å². The van der Waals surface area contributed by atoms with Gasteiger partial charge in [0.25, 0.3) is 0 Å². The quantitative estimate of drug-likeness (QED) is 0.790. The molecule has 5 heteroatoms. The lowest BCUT2D eigenvalue weighted by Gasteiger charge is -2.20. The van der Waals surface area contributed by atoms with Gasteiger partial charge in [0.15, 0.2) is 0 Å². The minimum Gasteiger partial charge on any atom is -0.397 e. The first-order chi connectivity index (χ1) is 8.40. The van der Waals surface area contributed by atoms with Gasteiger partial charge >= 0.3 is 0 Å². The van der Waals surface area contributed by atoms with Crippen LogP contribution in [0.5, 0.6) is 0 Å². The summed E-state index contributed by atoms with van der Waals surface area (Å²) in [7, 11) is 1.96. The molecule has 0 atom stereocenters. The van der Waals surface area contributed by atoms with Gasteiger partial charge in [-0.25, -0.2) is 4.39 Å². The van der Waals surface area contributed by atoms with E-state index in [1.54, 1.807) is 0 Å². The number of amides is 1. The summed E-state index contributed by atoms with van der Waals surface area (Å²) in [5.41, 5.74) is 6.30. The average molecular weight is 253 g/mol. The Morgan fingerprint density at radius 1 is 1.50 bits per heavy atom. The first-order valence-corrected chi connectivity index (χ1v) is 5.95. The maximum absolute atomic E-state index is 12.8. The molecule has 0 unspecified atom stereocenters. The van der Waals surface area contributed by atoms with E-state index in [1.165, 1.54) is 18.2 Å². The third-order valence-corrected chi connectivity index (χ3v) is 2.86. The molecule has 1 amide bonds. The second kappa shape index (κ2) is 6.35. The Hall–Kier alpha value is -1.62. The molecule has 0 aliphatic carbocycles. The van der Waals surface area contributed by atoms with Crippen molar-refractivity contribution in [3.8, 4) is 0 Å². The molecule has 1 aromatic rings. The number of carbonyl (C=O) groups is 1. The van der Waals surface area contributed by atoms with Gasteiger partial charge < -0.3 is 16.0 Å². The number of anilines is 2. The minimum absolute atomic E-state index is 0.124. The number of hydrogen-bond acceptors (Lipinski definition) is 3. The zero-order valence-corrected chi connectivity index (χ0v) is 11.0. The fourth-order valence-corrected chi connectivity index (χ4v) is 1.40. The molecule has 1 rings (SSSR count). The van der Waals surface area contributed by atoms with Gasteiger partial charge in [-0.15, -0.1) is 0 Å². The second-order valence-corrected chi connectivity index (χ2v) is 4.60. The molecule has 0 heterocycles. The monoisotopic (exact) mass is 253 g/mol. The van der Waals surface area contributed by atoms with Crippen molar-refractivity contribution in [2.45, 2.75) is 26.3 Å². The van der Waals surface area contributed by atoms with E-state index in [-0.39, 0.29) is 11.6 Å². The molecule has 0 saturated carbocycles. The predicted octanol–water partition coefficient (Wildman–Crippen LogP) is 2.08. The lowest BCUT2D eigenvalue weighted by atomic mass is 10.2. The van der Waals surface area contributed by atoms with Crippen molar-refractivity contribution in [3.63, 3.8) is 0 Å². The Kier molecular flexibility index (Phi) is 5.09. The molecule has 1 aromatic carbocycles. The molecule has 0 aliphatic heterocycles. The predicted molar refractivity (Wildman–Crippen MR) is 71.8 cm³/mol. The molecule has 0 aromatic heterocycles. The van der Waals surface area contributed by atoms with Crippen LogP contribution in [0.15, 0.2) is 18.2 Å². The van der Waals surface area contributed by atoms with Crippen molar-refractivity contribution in [2.75, 3.05) is 24.6 Å². The standard InChI is InChI=1S/C13H20FN3O/c1-9(2)17(3)7-6-13(18)16-12-5-4-10(14)8-11(12)15/h4-5,8-9H,6-7,15H2,1-3H3,(H,16,18). The van der Waals surface area contributed by atoms with E-state index in [9.17, 15) is 9.18 Å². The van der Waals surface area contributed by atoms with Gasteiger partial charge in [-0.3, -0.25) is 4.79 Å². The Bertz CT molecular complexity index is 421. The number of carbonyl (C=O) groups excluding carboxylic acids is 1. The zero-order chi connectivity index (χ0) is 13.7. The minimum atomic E-state index is -0.412. The molecule has 0 bridgehead atoms. The van der Waals surface area contributed by atoms with Crippen LogP contribution < -0.4 is 11.1 Å². The van der Waals surface area contributed by atoms with Crippen LogP contribution in [0.2, 0.25) is 0 Å². The van der Waals surface area contributed by atoms with Crippen LogP contribution in [0.1, 0.15) is 20.3 Å². The normalized spacial score (nSPS) is 11.0. The van der Waals surface area contributed by atoms with Crippen molar-refractivity contribution >= 4 is 17.3 Å². The largest absolute Gasteiger partial charge is 0.397 e. The maximum atomic E-state index is 12.8. The summed E-state index contributed by atoms with van der Waals surface area (Å²) < 4.78 is 12.8. The first-order valence-electron chi connectivity index (χ1n) is 5.95. The molecule has 0 fully saturated rings. The summed E-state index contributed by atoms with van der Waals surface area (Å²) in [6.45, 7) is 4.80. The summed E-state index contributed by atoms with van der Waals surface area (Å²) in [5, 5.41) is 2.67. The van der Waals surface area contributed by atoms with Crippen molar-refractivity contribution in [1.82, 2.24) is 4.90 Å². The van der Waals surface area contributed by atoms with Crippen LogP contribution in [0, 0.1) is 5.82 Å². The van der Waals surface area contributed by atoms with Crippen LogP contribution in [0.4, 0.5) is 15.8 Å². The van der Waals surface area contributed by atoms with E-state index in [0.29, 0.717) is 24.7 Å². The fourth-order valence-electron chi connectivity index (χ4n) is 1.40. The molecule has 0 saturated heterocycles. The third kappa shape index (κ3) is 4.33. The first kappa shape index (κ1) is 14.4. The number of hydrogen-bond donors (Lipinski definition) is 2. The third-order valence-electron chi connectivity index (χ3n) is 2.86. The summed E-state index contributed by atoms with van der Waals surface area (Å²) in [6.07, 6.45) is 0.380. The number of nitrogens with two attached hydrogens (primary N) is 1. The van der Waals surface area contributed by atoms with Crippen LogP contribution in [-0.2, 0) is 4.79 Å². The molecule has 3 N–H and O–H groups in total. The molecular formula is C13H20FN3O. The number of benzene rings is 1. The SMILES string of the molecule is CC(C)N(C)CCC(=O)Nc1ccc(F)cc1N. The highest BCUT2D eigenvalue weighted by atomic mass is 19.1. The van der Waals surface area contributed by atoms with E-state index in [0.717, 1.165) is 0 Å². The highest BCUT2D eigenvalue weighted by Gasteiger charge is 2.09. The number of nitrogen functional groups attached to an aromatic ring is 1. The molecule has 18 heavy (non-hydrogen) atoms. The number of halogens is 1. The van der Waals surface area contributed by atoms with E-state index >= 15 is 0 Å². The molecule has 4 nitrogen and oxygen atoms in total. The van der Waals surface area contributed by atoms with Gasteiger partial charge in [0.2, 0.25) is 5.91 Å². The van der Waals surface area contributed by atoms with E-state index in [1.807, 2.05) is 7.05 Å². The summed E-state index contributed by atoms with van der Waals surface area (Å²) in [4.78, 5) is 13.8. The summed E-state index contributed by atoms with van der Waals surface area (Å²) in [6, 6.07) is 4.32. The number of nitrogens with zero attached hydrogens (tertiary/aromatic N) is 1. The van der Waals surface area contributed by atoms with E-state index < -0.39 is 5.82 Å². The van der Waals surface area contributed by atoms with Gasteiger partial charge in [0, 0.05) is 19.0 Å². The molecule has 100 valence electrons. The smallest absolute Gasteiger partial charge is 0.225 e. The average Bonchev–Trinajstić information content (AvgIpc) is 2.29. The highest BCUT2D eigenvalue weighted by Crippen LogP contribution is 2.19. The Morgan fingerprint density at radius 2 is 2.17 bits per heavy atom. The van der Waals surface area contributed by atoms with E-state index in [2.05, 4.69) is 24.1 Å². The van der Waals surface area contributed by atoms with Gasteiger partial charge in [-0.1, -0.05) is 0 Å². The maximum Gasteiger partial charge on any atom is 0.225 e. The topological polar surface area (TPSA) is 58.4 Å². The summed E-state index contributed by atoms with van der Waals surface area (Å²) >= 11 is 0. The van der Waals surface area contributed by atoms with Crippen molar-refractivity contribution < 1.29 is 9.18 Å². The molecule has 0 spiro atoms. The Balaban J connectivity index is 2.50. The van der Waals surface area contributed by atoms with Crippen LogP contribution in [-0.4, -0.2) is 30.4 Å². The molecule has 0 aliphatic rings. The lowest BCUT2D eigenvalue weighted by Crippen LogP contribution is -2.30. The number of rotatable bonds is 5. The van der Waals surface area contributed by atoms with Gasteiger partial charge in [-0.2, -0.15) is 0 Å². The van der Waals surface area contributed by atoms with Crippen molar-refractivity contribution in [1.29, 1.82) is 0 Å². The van der Waals surface area contributed by atoms with Crippen LogP contribution >= 0.6 is 0 Å². The van der Waals surface area contributed by atoms with Crippen LogP contribution in [0.25, 0.3) is 0 Å². The van der Waals surface area contributed by atoms with Gasteiger partial charge in [0.1, 0.15) is 5.82 Å². The van der Waals surface area contributed by atoms with Crippen molar-refractivity contribution in [2.24, 2.45) is 0 Å². The second-order valence-electron chi connectivity index (χ2n) is 4.60. The lowest BCUT2D eigenvalue weighted by molar-refractivity contribution is -0.116. The van der Waals surface area contributed by atoms with Gasteiger partial charge in [0.05, 0.1) is 11.4 Å². The zero-order valence-electron chi connectivity index (χ0n) is 11.0. The Labute approximate surface area is 107 Å². The molecule has 0 radical (unpaired) electrons. The van der Waals surface area contributed by atoms with Crippen molar-refractivity contribution in [3.05, 3.63) is 24.0 Å². The highest BCUT2D eigenvalue weighted by molar-refractivity contribution is 5.93. The Morgan fingerprint density at radius 3 is 2.72 bits per heavy atom. The fraction of sp³-hybridized carbons (Fsp3) is 0.462. The number of nitrogens with one attached hydrogen (secondary N) is 1. The summed E-state index contributed by atoms with van der Waals surface area (Å²) in [5.74, 6) is -0.536. The molecular weight excluding hydrogens is 233 g/mol.